The van der Waals surface area contributed by atoms with Crippen molar-refractivity contribution in [2.24, 2.45) is 0 Å². The van der Waals surface area contributed by atoms with Crippen molar-refractivity contribution in [3.8, 4) is 0 Å². The molecule has 2 aromatic rings. The van der Waals surface area contributed by atoms with E-state index in [4.69, 9.17) is 23.2 Å². The van der Waals surface area contributed by atoms with Crippen LogP contribution in [0.25, 0.3) is 0 Å². The van der Waals surface area contributed by atoms with Crippen molar-refractivity contribution in [1.29, 1.82) is 0 Å². The summed E-state index contributed by atoms with van der Waals surface area (Å²) in [5.41, 5.74) is 3.01. The minimum Gasteiger partial charge on any atom is -0.207 e. The van der Waals surface area contributed by atoms with E-state index in [0.29, 0.717) is 11.8 Å². The molecule has 0 nitrogen and oxygen atoms in total. The SMILES string of the molecule is Cc1ccc(CC(CCl)(CCl)c2ccc(F)cc2)cc1. The Morgan fingerprint density at radius 3 is 1.95 bits per heavy atom. The molecule has 106 valence electrons. The highest BCUT2D eigenvalue weighted by Crippen LogP contribution is 2.32. The molecule has 0 atom stereocenters. The van der Waals surface area contributed by atoms with Crippen molar-refractivity contribution in [2.45, 2.75) is 18.8 Å². The zero-order chi connectivity index (χ0) is 14.6. The first-order valence-corrected chi connectivity index (χ1v) is 7.60. The van der Waals surface area contributed by atoms with Crippen LogP contribution < -0.4 is 0 Å². The van der Waals surface area contributed by atoms with Gasteiger partial charge in [-0.2, -0.15) is 0 Å². The van der Waals surface area contributed by atoms with Crippen LogP contribution in [0, 0.1) is 12.7 Å². The highest BCUT2D eigenvalue weighted by Gasteiger charge is 2.31. The Bertz CT molecular complexity index is 542. The molecule has 0 aliphatic rings. The van der Waals surface area contributed by atoms with Gasteiger partial charge in [0.05, 0.1) is 0 Å². The Kier molecular flexibility index (Phi) is 5.06. The molecule has 3 heteroatoms. The Labute approximate surface area is 129 Å². The predicted octanol–water partition coefficient (Wildman–Crippen LogP) is 5.09. The molecule has 0 aliphatic heterocycles. The standard InChI is InChI=1S/C17H17Cl2F/c1-13-2-4-14(5-3-13)10-17(11-18,12-19)15-6-8-16(20)9-7-15/h2-9H,10-12H2,1H3. The Balaban J connectivity index is 2.33. The maximum absolute atomic E-state index is 13.1. The number of aryl methyl sites for hydroxylation is 1. The lowest BCUT2D eigenvalue weighted by molar-refractivity contribution is 0.533. The van der Waals surface area contributed by atoms with Crippen molar-refractivity contribution >= 4 is 23.2 Å². The van der Waals surface area contributed by atoms with Crippen molar-refractivity contribution in [3.05, 3.63) is 71.0 Å². The summed E-state index contributed by atoms with van der Waals surface area (Å²) < 4.78 is 13.1. The maximum Gasteiger partial charge on any atom is 0.123 e. The zero-order valence-corrected chi connectivity index (χ0v) is 12.9. The van der Waals surface area contributed by atoms with Crippen LogP contribution in [-0.2, 0) is 11.8 Å². The molecule has 0 unspecified atom stereocenters. The first-order chi connectivity index (χ1) is 9.59. The number of halogens is 3. The molecule has 0 bridgehead atoms. The van der Waals surface area contributed by atoms with Gasteiger partial charge in [-0.25, -0.2) is 4.39 Å². The van der Waals surface area contributed by atoms with Gasteiger partial charge >= 0.3 is 0 Å². The maximum atomic E-state index is 13.1. The second-order valence-corrected chi connectivity index (χ2v) is 5.75. The summed E-state index contributed by atoms with van der Waals surface area (Å²) in [4.78, 5) is 0. The van der Waals surface area contributed by atoms with E-state index < -0.39 is 0 Å². The Morgan fingerprint density at radius 1 is 0.900 bits per heavy atom. The average Bonchev–Trinajstić information content (AvgIpc) is 2.48. The predicted molar refractivity (Wildman–Crippen MR) is 84.4 cm³/mol. The third kappa shape index (κ3) is 3.34. The van der Waals surface area contributed by atoms with Crippen molar-refractivity contribution in [1.82, 2.24) is 0 Å². The molecule has 2 aromatic carbocycles. The molecular formula is C17H17Cl2F. The van der Waals surface area contributed by atoms with Crippen molar-refractivity contribution in [3.63, 3.8) is 0 Å². The first kappa shape index (κ1) is 15.3. The summed E-state index contributed by atoms with van der Waals surface area (Å²) in [6, 6.07) is 14.8. The van der Waals surface area contributed by atoms with Gasteiger partial charge in [-0.3, -0.25) is 0 Å². The van der Waals surface area contributed by atoms with Crippen LogP contribution in [0.1, 0.15) is 16.7 Å². The van der Waals surface area contributed by atoms with Gasteiger partial charge in [-0.1, -0.05) is 42.0 Å². The minimum absolute atomic E-state index is 0.248. The molecular weight excluding hydrogens is 294 g/mol. The van der Waals surface area contributed by atoms with Crippen LogP contribution in [0.3, 0.4) is 0 Å². The monoisotopic (exact) mass is 310 g/mol. The van der Waals surface area contributed by atoms with E-state index >= 15 is 0 Å². The van der Waals surface area contributed by atoms with E-state index in [2.05, 4.69) is 31.2 Å². The Hall–Kier alpha value is -1.05. The summed E-state index contributed by atoms with van der Waals surface area (Å²) in [5.74, 6) is 0.550. The summed E-state index contributed by atoms with van der Waals surface area (Å²) >= 11 is 12.4. The molecule has 0 amide bonds. The van der Waals surface area contributed by atoms with Gasteiger partial charge in [-0.05, 0) is 36.6 Å². The molecule has 0 saturated carbocycles. The van der Waals surface area contributed by atoms with E-state index in [1.807, 2.05) is 0 Å². The minimum atomic E-state index is -0.369. The number of rotatable bonds is 5. The van der Waals surface area contributed by atoms with Crippen LogP contribution in [0.2, 0.25) is 0 Å². The van der Waals surface area contributed by atoms with Gasteiger partial charge in [0.1, 0.15) is 5.82 Å². The van der Waals surface area contributed by atoms with Gasteiger partial charge in [-0.15, -0.1) is 23.2 Å². The van der Waals surface area contributed by atoms with E-state index in [9.17, 15) is 4.39 Å². The molecule has 0 aromatic heterocycles. The topological polar surface area (TPSA) is 0 Å². The molecule has 0 aliphatic carbocycles. The smallest absolute Gasteiger partial charge is 0.123 e. The third-order valence-electron chi connectivity index (χ3n) is 3.63. The molecule has 0 saturated heterocycles. The van der Waals surface area contributed by atoms with E-state index in [0.717, 1.165) is 12.0 Å². The summed E-state index contributed by atoms with van der Waals surface area (Å²) in [7, 11) is 0. The van der Waals surface area contributed by atoms with Crippen LogP contribution >= 0.6 is 23.2 Å². The highest BCUT2D eigenvalue weighted by molar-refractivity contribution is 6.22. The third-order valence-corrected chi connectivity index (χ3v) is 4.65. The molecule has 0 heterocycles. The van der Waals surface area contributed by atoms with Gasteiger partial charge in [0.25, 0.3) is 0 Å². The fourth-order valence-electron chi connectivity index (χ4n) is 2.29. The van der Waals surface area contributed by atoms with Crippen molar-refractivity contribution in [2.75, 3.05) is 11.8 Å². The van der Waals surface area contributed by atoms with E-state index in [1.165, 1.54) is 23.3 Å². The van der Waals surface area contributed by atoms with Gasteiger partial charge in [0.2, 0.25) is 0 Å². The second kappa shape index (κ2) is 6.60. The number of alkyl halides is 2. The van der Waals surface area contributed by atoms with Crippen LogP contribution in [-0.4, -0.2) is 11.8 Å². The van der Waals surface area contributed by atoms with E-state index in [1.54, 1.807) is 12.1 Å². The lowest BCUT2D eigenvalue weighted by Crippen LogP contribution is -2.33. The molecule has 0 N–H and O–H groups in total. The number of hydrogen-bond acceptors (Lipinski definition) is 0. The van der Waals surface area contributed by atoms with Crippen LogP contribution in [0.15, 0.2) is 48.5 Å². The lowest BCUT2D eigenvalue weighted by Gasteiger charge is -2.30. The van der Waals surface area contributed by atoms with E-state index in [-0.39, 0.29) is 11.2 Å². The normalized spacial score (nSPS) is 11.6. The molecule has 0 fully saturated rings. The summed E-state index contributed by atoms with van der Waals surface area (Å²) in [6.45, 7) is 2.06. The summed E-state index contributed by atoms with van der Waals surface area (Å²) in [5, 5.41) is 0. The zero-order valence-electron chi connectivity index (χ0n) is 11.4. The lowest BCUT2D eigenvalue weighted by atomic mass is 9.78. The van der Waals surface area contributed by atoms with Gasteiger partial charge in [0, 0.05) is 17.2 Å². The fourth-order valence-corrected chi connectivity index (χ4v) is 3.07. The quantitative estimate of drug-likeness (QED) is 0.675. The molecule has 20 heavy (non-hydrogen) atoms. The molecule has 0 radical (unpaired) electrons. The number of hydrogen-bond donors (Lipinski definition) is 0. The summed E-state index contributed by atoms with van der Waals surface area (Å²) in [6.07, 6.45) is 0.742. The van der Waals surface area contributed by atoms with Gasteiger partial charge in [0.15, 0.2) is 0 Å². The van der Waals surface area contributed by atoms with Gasteiger partial charge < -0.3 is 0 Å². The fraction of sp³-hybridized carbons (Fsp3) is 0.294. The van der Waals surface area contributed by atoms with Crippen LogP contribution in [0.4, 0.5) is 4.39 Å². The largest absolute Gasteiger partial charge is 0.207 e. The molecule has 2 rings (SSSR count). The average molecular weight is 311 g/mol. The van der Waals surface area contributed by atoms with Crippen LogP contribution in [0.5, 0.6) is 0 Å². The highest BCUT2D eigenvalue weighted by atomic mass is 35.5. The second-order valence-electron chi connectivity index (χ2n) is 5.22. The Morgan fingerprint density at radius 2 is 1.45 bits per heavy atom. The first-order valence-electron chi connectivity index (χ1n) is 6.53. The molecule has 0 spiro atoms. The van der Waals surface area contributed by atoms with Crippen molar-refractivity contribution < 1.29 is 4.39 Å². The number of benzene rings is 2.